The van der Waals surface area contributed by atoms with Gasteiger partial charge in [0.1, 0.15) is 5.75 Å². The smallest absolute Gasteiger partial charge is 0.122 e. The molecule has 2 unspecified atom stereocenters. The summed E-state index contributed by atoms with van der Waals surface area (Å²) in [7, 11) is 2.03. The van der Waals surface area contributed by atoms with Gasteiger partial charge in [-0.05, 0) is 25.1 Å². The van der Waals surface area contributed by atoms with Crippen LogP contribution in [0.5, 0.6) is 5.75 Å². The van der Waals surface area contributed by atoms with Gasteiger partial charge < -0.3 is 10.1 Å². The quantitative estimate of drug-likeness (QED) is 0.930. The predicted octanol–water partition coefficient (Wildman–Crippen LogP) is 2.52. The van der Waals surface area contributed by atoms with Crippen LogP contribution in [-0.4, -0.2) is 24.7 Å². The molecule has 1 aliphatic rings. The minimum Gasteiger partial charge on any atom is -0.493 e. The third-order valence-electron chi connectivity index (χ3n) is 3.73. The van der Waals surface area contributed by atoms with Gasteiger partial charge in [-0.2, -0.15) is 0 Å². The molecule has 1 aromatic heterocycles. The zero-order valence-electron chi connectivity index (χ0n) is 11.0. The number of hydrogen-bond donors (Lipinski definition) is 1. The van der Waals surface area contributed by atoms with Crippen LogP contribution in [0.3, 0.4) is 0 Å². The van der Waals surface area contributed by atoms with E-state index in [1.807, 2.05) is 24.7 Å². The fraction of sp³-hybridized carbons (Fsp3) is 0.400. The molecule has 1 aliphatic heterocycles. The summed E-state index contributed by atoms with van der Waals surface area (Å²) in [5.74, 6) is 1.55. The van der Waals surface area contributed by atoms with Crippen LogP contribution < -0.4 is 10.1 Å². The summed E-state index contributed by atoms with van der Waals surface area (Å²) in [6.45, 7) is 0.786. The van der Waals surface area contributed by atoms with Crippen LogP contribution in [0, 0.1) is 5.92 Å². The number of hydrogen-bond acceptors (Lipinski definition) is 4. The van der Waals surface area contributed by atoms with Gasteiger partial charge in [0.25, 0.3) is 0 Å². The Morgan fingerprint density at radius 3 is 3.16 bits per heavy atom. The molecule has 2 heterocycles. The van der Waals surface area contributed by atoms with Crippen LogP contribution in [0.4, 0.5) is 0 Å². The highest BCUT2D eigenvalue weighted by atomic mass is 32.1. The molecule has 1 aromatic carbocycles. The van der Waals surface area contributed by atoms with Crippen LogP contribution in [0.1, 0.15) is 10.6 Å². The molecule has 100 valence electrons. The molecule has 3 nitrogen and oxygen atoms in total. The van der Waals surface area contributed by atoms with Gasteiger partial charge in [0, 0.05) is 30.0 Å². The molecule has 0 radical (unpaired) electrons. The number of fused-ring (bicyclic) bond motifs is 1. The van der Waals surface area contributed by atoms with Crippen LogP contribution >= 0.6 is 11.3 Å². The highest BCUT2D eigenvalue weighted by Crippen LogP contribution is 2.29. The van der Waals surface area contributed by atoms with Crippen molar-refractivity contribution in [1.82, 2.24) is 10.3 Å². The maximum atomic E-state index is 5.88. The van der Waals surface area contributed by atoms with Crippen molar-refractivity contribution in [1.29, 1.82) is 0 Å². The first-order chi connectivity index (χ1) is 9.36. The number of nitrogens with one attached hydrogen (secondary N) is 1. The second-order valence-electron chi connectivity index (χ2n) is 4.91. The molecule has 3 rings (SSSR count). The van der Waals surface area contributed by atoms with Gasteiger partial charge in [-0.1, -0.05) is 18.2 Å². The molecular formula is C15H18N2OS. The zero-order chi connectivity index (χ0) is 13.1. The van der Waals surface area contributed by atoms with Gasteiger partial charge in [-0.15, -0.1) is 11.3 Å². The maximum Gasteiger partial charge on any atom is 0.122 e. The summed E-state index contributed by atoms with van der Waals surface area (Å²) in [6.07, 6.45) is 3.93. The third-order valence-corrected chi connectivity index (χ3v) is 4.53. The van der Waals surface area contributed by atoms with Crippen molar-refractivity contribution in [3.05, 3.63) is 46.4 Å². The number of ether oxygens (including phenoxy) is 1. The Kier molecular flexibility index (Phi) is 3.80. The van der Waals surface area contributed by atoms with E-state index in [1.165, 1.54) is 10.6 Å². The van der Waals surface area contributed by atoms with Crippen LogP contribution in [-0.2, 0) is 12.8 Å². The first kappa shape index (κ1) is 12.6. The van der Waals surface area contributed by atoms with Gasteiger partial charge in [0.15, 0.2) is 0 Å². The third kappa shape index (κ3) is 2.80. The van der Waals surface area contributed by atoms with Crippen molar-refractivity contribution in [3.63, 3.8) is 0 Å². The number of likely N-dealkylation sites (N-methyl/N-ethyl adjacent to an activating group) is 1. The number of nitrogens with zero attached hydrogens (tertiary/aromatic N) is 1. The van der Waals surface area contributed by atoms with Crippen molar-refractivity contribution in [2.45, 2.75) is 18.9 Å². The predicted molar refractivity (Wildman–Crippen MR) is 77.8 cm³/mol. The number of benzene rings is 1. The van der Waals surface area contributed by atoms with E-state index >= 15 is 0 Å². The number of para-hydroxylation sites is 1. The molecule has 4 heteroatoms. The van der Waals surface area contributed by atoms with E-state index in [2.05, 4.69) is 28.5 Å². The van der Waals surface area contributed by atoms with E-state index in [0.29, 0.717) is 12.0 Å². The molecule has 0 saturated carbocycles. The van der Waals surface area contributed by atoms with Crippen LogP contribution in [0.2, 0.25) is 0 Å². The van der Waals surface area contributed by atoms with Gasteiger partial charge >= 0.3 is 0 Å². The van der Waals surface area contributed by atoms with Crippen molar-refractivity contribution in [2.24, 2.45) is 5.92 Å². The molecule has 0 fully saturated rings. The molecule has 0 amide bonds. The van der Waals surface area contributed by atoms with Crippen LogP contribution in [0.25, 0.3) is 0 Å². The van der Waals surface area contributed by atoms with E-state index in [-0.39, 0.29) is 0 Å². The second-order valence-corrected chi connectivity index (χ2v) is 5.89. The topological polar surface area (TPSA) is 34.2 Å². The average molecular weight is 274 g/mol. The Bertz CT molecular complexity index is 527. The molecule has 1 N–H and O–H groups in total. The summed E-state index contributed by atoms with van der Waals surface area (Å²) >= 11 is 1.72. The van der Waals surface area contributed by atoms with Crippen molar-refractivity contribution in [3.8, 4) is 5.75 Å². The lowest BCUT2D eigenvalue weighted by molar-refractivity contribution is 0.187. The SMILES string of the molecule is CNC(Cc1nccs1)C1COc2ccccc2C1. The molecule has 0 bridgehead atoms. The molecule has 0 spiro atoms. The Morgan fingerprint density at radius 1 is 1.47 bits per heavy atom. The summed E-state index contributed by atoms with van der Waals surface area (Å²) in [5, 5.41) is 6.66. The van der Waals surface area contributed by atoms with Gasteiger partial charge in [0.2, 0.25) is 0 Å². The molecule has 19 heavy (non-hydrogen) atoms. The highest BCUT2D eigenvalue weighted by Gasteiger charge is 2.27. The largest absolute Gasteiger partial charge is 0.493 e. The lowest BCUT2D eigenvalue weighted by atomic mass is 9.89. The Morgan fingerprint density at radius 2 is 2.37 bits per heavy atom. The van der Waals surface area contributed by atoms with Crippen molar-refractivity contribution >= 4 is 11.3 Å². The van der Waals surface area contributed by atoms with E-state index in [1.54, 1.807) is 11.3 Å². The van der Waals surface area contributed by atoms with E-state index < -0.39 is 0 Å². The minimum absolute atomic E-state index is 0.416. The first-order valence-electron chi connectivity index (χ1n) is 6.63. The second kappa shape index (κ2) is 5.72. The number of thiazole rings is 1. The maximum absolute atomic E-state index is 5.88. The van der Waals surface area contributed by atoms with Crippen molar-refractivity contribution in [2.75, 3.05) is 13.7 Å². The van der Waals surface area contributed by atoms with Gasteiger partial charge in [-0.3, -0.25) is 0 Å². The lowest BCUT2D eigenvalue weighted by Crippen LogP contribution is -2.41. The van der Waals surface area contributed by atoms with Gasteiger partial charge in [-0.25, -0.2) is 4.98 Å². The monoisotopic (exact) mass is 274 g/mol. The summed E-state index contributed by atoms with van der Waals surface area (Å²) in [5.41, 5.74) is 1.32. The summed E-state index contributed by atoms with van der Waals surface area (Å²) in [4.78, 5) is 4.38. The first-order valence-corrected chi connectivity index (χ1v) is 7.51. The van der Waals surface area contributed by atoms with Gasteiger partial charge in [0.05, 0.1) is 11.6 Å². The molecular weight excluding hydrogens is 256 g/mol. The van der Waals surface area contributed by atoms with E-state index in [0.717, 1.165) is 25.2 Å². The van der Waals surface area contributed by atoms with Crippen molar-refractivity contribution < 1.29 is 4.74 Å². The molecule has 2 atom stereocenters. The summed E-state index contributed by atoms with van der Waals surface area (Å²) in [6, 6.07) is 8.75. The van der Waals surface area contributed by atoms with E-state index in [4.69, 9.17) is 4.74 Å². The number of aromatic nitrogens is 1. The van der Waals surface area contributed by atoms with Crippen LogP contribution in [0.15, 0.2) is 35.8 Å². The minimum atomic E-state index is 0.416. The molecule has 2 aromatic rings. The summed E-state index contributed by atoms with van der Waals surface area (Å²) < 4.78 is 5.88. The Balaban J connectivity index is 1.72. The Labute approximate surface area is 117 Å². The zero-order valence-corrected chi connectivity index (χ0v) is 11.8. The fourth-order valence-corrected chi connectivity index (χ4v) is 3.33. The molecule has 0 saturated heterocycles. The van der Waals surface area contributed by atoms with E-state index in [9.17, 15) is 0 Å². The normalized spacial score (nSPS) is 19.5. The number of rotatable bonds is 4. The molecule has 0 aliphatic carbocycles. The highest BCUT2D eigenvalue weighted by molar-refractivity contribution is 7.09. The fourth-order valence-electron chi connectivity index (χ4n) is 2.66. The Hall–Kier alpha value is -1.39. The average Bonchev–Trinajstić information content (AvgIpc) is 2.97. The standard InChI is InChI=1S/C15H18N2OS/c1-16-13(9-15-17-6-7-19-15)12-8-11-4-2-3-5-14(11)18-10-12/h2-7,12-13,16H,8-10H2,1H3. The lowest BCUT2D eigenvalue weighted by Gasteiger charge is -2.31.